The van der Waals surface area contributed by atoms with E-state index in [-0.39, 0.29) is 0 Å². The average Bonchev–Trinajstić information content (AvgIpc) is 2.57. The van der Waals surface area contributed by atoms with E-state index < -0.39 is 9.70 Å². The van der Waals surface area contributed by atoms with Gasteiger partial charge >= 0.3 is 0 Å². The minimum absolute atomic E-state index is 0.398. The van der Waals surface area contributed by atoms with Gasteiger partial charge in [-0.25, -0.2) is 4.98 Å². The van der Waals surface area contributed by atoms with E-state index in [0.717, 1.165) is 14.7 Å². The molecule has 1 amide bonds. The number of thiazole rings is 1. The van der Waals surface area contributed by atoms with Gasteiger partial charge in [0.2, 0.25) is 0 Å². The third-order valence-electron chi connectivity index (χ3n) is 1.83. The Balaban J connectivity index is 2.29. The minimum atomic E-state index is -1.99. The van der Waals surface area contributed by atoms with E-state index in [0.29, 0.717) is 5.13 Å². The van der Waals surface area contributed by atoms with E-state index in [4.69, 9.17) is 34.8 Å². The highest BCUT2D eigenvalue weighted by Crippen LogP contribution is 2.31. The van der Waals surface area contributed by atoms with Crippen LogP contribution >= 0.6 is 62.1 Å². The van der Waals surface area contributed by atoms with Gasteiger partial charge in [-0.15, -0.1) is 0 Å². The van der Waals surface area contributed by atoms with Crippen molar-refractivity contribution in [1.29, 1.82) is 0 Å². The molecule has 1 N–H and O–H groups in total. The maximum atomic E-state index is 11.4. The van der Waals surface area contributed by atoms with Crippen molar-refractivity contribution < 1.29 is 4.79 Å². The fourth-order valence-corrected chi connectivity index (χ4v) is 2.67. The fraction of sp³-hybridized carbons (Fsp3) is 0.111. The Hall–Kier alpha value is -0.0700. The normalized spacial score (nSPS) is 11.8. The van der Waals surface area contributed by atoms with E-state index in [1.54, 1.807) is 0 Å². The monoisotopic (exact) mass is 372 g/mol. The third kappa shape index (κ3) is 3.23. The summed E-state index contributed by atoms with van der Waals surface area (Å²) in [6.07, 6.45) is 0. The number of carbonyl (C=O) groups excluding carboxylic acids is 1. The van der Waals surface area contributed by atoms with Crippen LogP contribution in [0.5, 0.6) is 0 Å². The molecule has 1 aromatic heterocycles. The van der Waals surface area contributed by atoms with Gasteiger partial charge in [0.1, 0.15) is 0 Å². The quantitative estimate of drug-likeness (QED) is 0.753. The van der Waals surface area contributed by atoms with Crippen molar-refractivity contribution in [3.8, 4) is 0 Å². The van der Waals surface area contributed by atoms with Crippen molar-refractivity contribution in [2.45, 2.75) is 3.79 Å². The van der Waals surface area contributed by atoms with Crippen molar-refractivity contribution in [3.63, 3.8) is 0 Å². The zero-order valence-electron chi connectivity index (χ0n) is 8.01. The summed E-state index contributed by atoms with van der Waals surface area (Å²) in [5.41, 5.74) is 0.776. The number of anilines is 1. The van der Waals surface area contributed by atoms with Gasteiger partial charge in [0.15, 0.2) is 5.13 Å². The van der Waals surface area contributed by atoms with Crippen LogP contribution in [0.4, 0.5) is 5.13 Å². The first-order valence-corrected chi connectivity index (χ1v) is 7.05. The highest BCUT2D eigenvalue weighted by Gasteiger charge is 2.31. The fourth-order valence-electron chi connectivity index (χ4n) is 1.12. The van der Waals surface area contributed by atoms with Crippen LogP contribution in [-0.2, 0) is 4.79 Å². The predicted molar refractivity (Wildman–Crippen MR) is 76.2 cm³/mol. The SMILES string of the molecule is O=C(Nc1nc2ccc(Br)cc2s1)C(Cl)(Cl)Cl. The number of hydrogen-bond donors (Lipinski definition) is 1. The molecule has 0 bridgehead atoms. The standard InChI is InChI=1S/C9H4BrCl3N2OS/c10-4-1-2-5-6(3-4)17-8(14-5)15-7(16)9(11,12)13/h1-3H,(H,14,15,16). The number of halogens is 4. The summed E-state index contributed by atoms with van der Waals surface area (Å²) in [5, 5.41) is 2.85. The molecule has 0 aliphatic rings. The van der Waals surface area contributed by atoms with Crippen molar-refractivity contribution in [2.24, 2.45) is 0 Å². The number of alkyl halides is 3. The Labute approximate surface area is 124 Å². The van der Waals surface area contributed by atoms with Crippen LogP contribution in [0, 0.1) is 0 Å². The molecule has 0 fully saturated rings. The number of hydrogen-bond acceptors (Lipinski definition) is 3. The zero-order chi connectivity index (χ0) is 12.6. The number of benzene rings is 1. The molecular formula is C9H4BrCl3N2OS. The van der Waals surface area contributed by atoms with Crippen LogP contribution in [0.1, 0.15) is 0 Å². The van der Waals surface area contributed by atoms with Crippen LogP contribution < -0.4 is 5.32 Å². The largest absolute Gasteiger partial charge is 0.298 e. The first-order chi connectivity index (χ1) is 7.86. The molecule has 0 radical (unpaired) electrons. The molecule has 0 atom stereocenters. The molecule has 0 aliphatic heterocycles. The first kappa shape index (κ1) is 13.4. The summed E-state index contributed by atoms with van der Waals surface area (Å²) in [6, 6.07) is 5.60. The number of amides is 1. The van der Waals surface area contributed by atoms with Gasteiger partial charge in [0.25, 0.3) is 9.70 Å². The molecule has 0 aliphatic carbocycles. The molecule has 0 spiro atoms. The van der Waals surface area contributed by atoms with Gasteiger partial charge < -0.3 is 0 Å². The van der Waals surface area contributed by atoms with Gasteiger partial charge in [0.05, 0.1) is 10.2 Å². The summed E-state index contributed by atoms with van der Waals surface area (Å²) in [6.45, 7) is 0. The second-order valence-corrected chi connectivity index (χ2v) is 7.31. The highest BCUT2D eigenvalue weighted by molar-refractivity contribution is 9.10. The topological polar surface area (TPSA) is 42.0 Å². The Kier molecular flexibility index (Phi) is 3.85. The maximum Gasteiger partial charge on any atom is 0.278 e. The van der Waals surface area contributed by atoms with E-state index in [1.165, 1.54) is 11.3 Å². The van der Waals surface area contributed by atoms with E-state index in [1.807, 2.05) is 18.2 Å². The Morgan fingerprint density at radius 1 is 1.41 bits per heavy atom. The molecule has 0 saturated heterocycles. The van der Waals surface area contributed by atoms with E-state index in [2.05, 4.69) is 26.2 Å². The second kappa shape index (κ2) is 4.90. The van der Waals surface area contributed by atoms with Crippen molar-refractivity contribution in [2.75, 3.05) is 5.32 Å². The molecule has 2 aromatic rings. The van der Waals surface area contributed by atoms with Crippen LogP contribution in [-0.4, -0.2) is 14.7 Å². The van der Waals surface area contributed by atoms with Crippen LogP contribution in [0.2, 0.25) is 0 Å². The summed E-state index contributed by atoms with van der Waals surface area (Å²) in [5.74, 6) is -0.722. The van der Waals surface area contributed by atoms with Crippen LogP contribution in [0.25, 0.3) is 10.2 Å². The second-order valence-electron chi connectivity index (χ2n) is 3.08. The van der Waals surface area contributed by atoms with Gasteiger partial charge in [-0.3, -0.25) is 10.1 Å². The van der Waals surface area contributed by atoms with Gasteiger partial charge in [-0.05, 0) is 18.2 Å². The lowest BCUT2D eigenvalue weighted by molar-refractivity contribution is -0.115. The Bertz CT molecular complexity index is 581. The van der Waals surface area contributed by atoms with Crippen LogP contribution in [0.3, 0.4) is 0 Å². The predicted octanol–water partition coefficient (Wildman–Crippen LogP) is 4.37. The number of nitrogens with zero attached hydrogens (tertiary/aromatic N) is 1. The number of nitrogens with one attached hydrogen (secondary N) is 1. The Morgan fingerprint density at radius 3 is 2.76 bits per heavy atom. The van der Waals surface area contributed by atoms with Gasteiger partial charge in [0, 0.05) is 4.47 Å². The van der Waals surface area contributed by atoms with Gasteiger partial charge in [-0.1, -0.05) is 62.1 Å². The van der Waals surface area contributed by atoms with Crippen LogP contribution in [0.15, 0.2) is 22.7 Å². The molecule has 17 heavy (non-hydrogen) atoms. The lowest BCUT2D eigenvalue weighted by atomic mass is 10.3. The number of fused-ring (bicyclic) bond motifs is 1. The average molecular weight is 374 g/mol. The summed E-state index contributed by atoms with van der Waals surface area (Å²) >= 11 is 21.0. The molecule has 2 rings (SSSR count). The van der Waals surface area contributed by atoms with E-state index in [9.17, 15) is 4.79 Å². The molecule has 3 nitrogen and oxygen atoms in total. The summed E-state index contributed by atoms with van der Waals surface area (Å²) < 4.78 is -0.120. The molecule has 8 heteroatoms. The highest BCUT2D eigenvalue weighted by atomic mass is 79.9. The van der Waals surface area contributed by atoms with Gasteiger partial charge in [-0.2, -0.15) is 0 Å². The molecule has 1 aromatic carbocycles. The Morgan fingerprint density at radius 2 is 2.12 bits per heavy atom. The lowest BCUT2D eigenvalue weighted by Gasteiger charge is -2.08. The first-order valence-electron chi connectivity index (χ1n) is 4.30. The van der Waals surface area contributed by atoms with Crippen molar-refractivity contribution >= 4 is 83.3 Å². The van der Waals surface area contributed by atoms with Crippen molar-refractivity contribution in [3.05, 3.63) is 22.7 Å². The lowest BCUT2D eigenvalue weighted by Crippen LogP contribution is -2.26. The third-order valence-corrected chi connectivity index (χ3v) is 3.77. The zero-order valence-corrected chi connectivity index (χ0v) is 12.7. The van der Waals surface area contributed by atoms with Crippen molar-refractivity contribution in [1.82, 2.24) is 4.98 Å². The number of aromatic nitrogens is 1. The molecule has 0 saturated carbocycles. The number of carbonyl (C=O) groups is 1. The maximum absolute atomic E-state index is 11.4. The summed E-state index contributed by atoms with van der Waals surface area (Å²) in [7, 11) is 0. The minimum Gasteiger partial charge on any atom is -0.298 e. The molecule has 1 heterocycles. The van der Waals surface area contributed by atoms with E-state index >= 15 is 0 Å². The smallest absolute Gasteiger partial charge is 0.278 e. The molecule has 0 unspecified atom stereocenters. The molecule has 90 valence electrons. The molecular weight excluding hydrogens is 370 g/mol. The summed E-state index contributed by atoms with van der Waals surface area (Å²) in [4.78, 5) is 15.6. The number of rotatable bonds is 1.